The topological polar surface area (TPSA) is 38.9 Å². The first-order valence-electron chi connectivity index (χ1n) is 7.50. The molecule has 0 amide bonds. The molecule has 0 spiro atoms. The van der Waals surface area contributed by atoms with Crippen LogP contribution in [0, 0.1) is 17.8 Å². The number of hydrogen-bond acceptors (Lipinski definition) is 2. The number of rotatable bonds is 2. The zero-order chi connectivity index (χ0) is 12.4. The van der Waals surface area contributed by atoms with Crippen molar-refractivity contribution in [2.45, 2.75) is 51.0 Å². The van der Waals surface area contributed by atoms with E-state index in [1.165, 1.54) is 50.5 Å². The van der Waals surface area contributed by atoms with Crippen LogP contribution in [0.25, 0.3) is 0 Å². The average Bonchev–Trinajstić information content (AvgIpc) is 2.47. The number of nitrogens with zero attached hydrogens (tertiary/aromatic N) is 1. The molecule has 0 bridgehead atoms. The highest BCUT2D eigenvalue weighted by atomic mass is 14.7. The summed E-state index contributed by atoms with van der Waals surface area (Å²) in [7, 11) is 0. The highest BCUT2D eigenvalue weighted by molar-refractivity contribution is 5.14. The summed E-state index contributed by atoms with van der Waals surface area (Å²) in [6.07, 6.45) is 13.7. The molecule has 1 aromatic rings. The standard InChI is InChI=1S/C16H24N2/c17-16(15-6-3-9-18-11-15)14-8-7-12-4-1-2-5-13(12)10-14/h3,6,9,11-14,16H,1-2,4-5,7-8,10,17H2. The fraction of sp³-hybridized carbons (Fsp3) is 0.688. The minimum Gasteiger partial charge on any atom is -0.324 e. The third-order valence-corrected chi connectivity index (χ3v) is 5.16. The van der Waals surface area contributed by atoms with E-state index in [1.807, 2.05) is 18.5 Å². The van der Waals surface area contributed by atoms with Crippen LogP contribution >= 0.6 is 0 Å². The van der Waals surface area contributed by atoms with Crippen molar-refractivity contribution >= 4 is 0 Å². The Morgan fingerprint density at radius 1 is 1.11 bits per heavy atom. The molecular weight excluding hydrogens is 220 g/mol. The summed E-state index contributed by atoms with van der Waals surface area (Å²) in [4.78, 5) is 4.20. The summed E-state index contributed by atoms with van der Waals surface area (Å²) in [6.45, 7) is 0. The molecule has 0 aromatic carbocycles. The third kappa shape index (κ3) is 2.44. The van der Waals surface area contributed by atoms with Crippen molar-refractivity contribution in [3.05, 3.63) is 30.1 Å². The monoisotopic (exact) mass is 244 g/mol. The van der Waals surface area contributed by atoms with Gasteiger partial charge in [0.2, 0.25) is 0 Å². The maximum absolute atomic E-state index is 6.45. The number of pyridine rings is 1. The zero-order valence-electron chi connectivity index (χ0n) is 11.1. The van der Waals surface area contributed by atoms with Crippen LogP contribution in [0.1, 0.15) is 56.6 Å². The van der Waals surface area contributed by atoms with E-state index in [1.54, 1.807) is 0 Å². The number of hydrogen-bond donors (Lipinski definition) is 1. The largest absolute Gasteiger partial charge is 0.324 e. The molecule has 1 aromatic heterocycles. The molecule has 1 heterocycles. The van der Waals surface area contributed by atoms with E-state index in [2.05, 4.69) is 11.1 Å². The Bertz CT molecular complexity index is 376. The Kier molecular flexibility index (Phi) is 3.64. The second-order valence-electron chi connectivity index (χ2n) is 6.19. The number of aromatic nitrogens is 1. The van der Waals surface area contributed by atoms with E-state index < -0.39 is 0 Å². The van der Waals surface area contributed by atoms with Crippen LogP contribution in [-0.2, 0) is 0 Å². The molecule has 0 radical (unpaired) electrons. The van der Waals surface area contributed by atoms with Crippen molar-refractivity contribution in [2.24, 2.45) is 23.5 Å². The number of nitrogens with two attached hydrogens (primary N) is 1. The van der Waals surface area contributed by atoms with Crippen LogP contribution in [-0.4, -0.2) is 4.98 Å². The summed E-state index contributed by atoms with van der Waals surface area (Å²) in [5.74, 6) is 2.64. The fourth-order valence-corrected chi connectivity index (χ4v) is 4.08. The van der Waals surface area contributed by atoms with Crippen molar-refractivity contribution in [3.8, 4) is 0 Å². The molecule has 2 N–H and O–H groups in total. The van der Waals surface area contributed by atoms with Gasteiger partial charge in [-0.3, -0.25) is 4.98 Å². The Hall–Kier alpha value is -0.890. The van der Waals surface area contributed by atoms with Crippen molar-refractivity contribution < 1.29 is 0 Å². The highest BCUT2D eigenvalue weighted by Crippen LogP contribution is 2.45. The van der Waals surface area contributed by atoms with E-state index in [-0.39, 0.29) is 6.04 Å². The molecule has 2 nitrogen and oxygen atoms in total. The second-order valence-corrected chi connectivity index (χ2v) is 6.19. The maximum atomic E-state index is 6.45. The van der Waals surface area contributed by atoms with Gasteiger partial charge in [-0.2, -0.15) is 0 Å². The molecule has 98 valence electrons. The lowest BCUT2D eigenvalue weighted by atomic mass is 9.65. The lowest BCUT2D eigenvalue weighted by molar-refractivity contribution is 0.117. The molecule has 4 unspecified atom stereocenters. The van der Waals surface area contributed by atoms with E-state index in [0.29, 0.717) is 5.92 Å². The van der Waals surface area contributed by atoms with Gasteiger partial charge in [-0.1, -0.05) is 31.7 Å². The first-order valence-corrected chi connectivity index (χ1v) is 7.50. The first-order chi connectivity index (χ1) is 8.84. The smallest absolute Gasteiger partial charge is 0.0338 e. The summed E-state index contributed by atoms with van der Waals surface area (Å²) >= 11 is 0. The van der Waals surface area contributed by atoms with Gasteiger partial charge in [-0.15, -0.1) is 0 Å². The number of fused-ring (bicyclic) bond motifs is 1. The van der Waals surface area contributed by atoms with Gasteiger partial charge in [-0.25, -0.2) is 0 Å². The summed E-state index contributed by atoms with van der Waals surface area (Å²) < 4.78 is 0. The van der Waals surface area contributed by atoms with Gasteiger partial charge in [0.05, 0.1) is 0 Å². The van der Waals surface area contributed by atoms with E-state index in [0.717, 1.165) is 11.8 Å². The fourth-order valence-electron chi connectivity index (χ4n) is 4.08. The minimum atomic E-state index is 0.196. The van der Waals surface area contributed by atoms with Crippen LogP contribution in [0.4, 0.5) is 0 Å². The van der Waals surface area contributed by atoms with Crippen LogP contribution < -0.4 is 5.73 Å². The third-order valence-electron chi connectivity index (χ3n) is 5.16. The Balaban J connectivity index is 1.67. The molecule has 2 heteroatoms. The molecule has 0 saturated heterocycles. The minimum absolute atomic E-state index is 0.196. The van der Waals surface area contributed by atoms with Gasteiger partial charge in [0.25, 0.3) is 0 Å². The normalized spacial score (nSPS) is 33.7. The Morgan fingerprint density at radius 2 is 1.94 bits per heavy atom. The lowest BCUT2D eigenvalue weighted by Gasteiger charge is -2.41. The second kappa shape index (κ2) is 5.40. The van der Waals surface area contributed by atoms with Crippen LogP contribution in [0.3, 0.4) is 0 Å². The molecule has 3 rings (SSSR count). The predicted octanol–water partition coefficient (Wildman–Crippen LogP) is 3.69. The summed E-state index contributed by atoms with van der Waals surface area (Å²) in [5.41, 5.74) is 7.67. The predicted molar refractivity (Wildman–Crippen MR) is 74.0 cm³/mol. The zero-order valence-corrected chi connectivity index (χ0v) is 11.1. The first kappa shape index (κ1) is 12.2. The highest BCUT2D eigenvalue weighted by Gasteiger charge is 2.34. The van der Waals surface area contributed by atoms with Gasteiger partial charge >= 0.3 is 0 Å². The van der Waals surface area contributed by atoms with Gasteiger partial charge in [0, 0.05) is 18.4 Å². The molecule has 2 saturated carbocycles. The molecule has 2 aliphatic rings. The van der Waals surface area contributed by atoms with Gasteiger partial charge in [0.15, 0.2) is 0 Å². The van der Waals surface area contributed by atoms with Gasteiger partial charge in [-0.05, 0) is 48.6 Å². The van der Waals surface area contributed by atoms with Crippen LogP contribution in [0.5, 0.6) is 0 Å². The SMILES string of the molecule is NC(c1cccnc1)C1CCC2CCCCC2C1. The van der Waals surface area contributed by atoms with Gasteiger partial charge < -0.3 is 5.73 Å². The molecule has 4 atom stereocenters. The van der Waals surface area contributed by atoms with E-state index in [9.17, 15) is 0 Å². The van der Waals surface area contributed by atoms with E-state index in [4.69, 9.17) is 5.73 Å². The molecule has 2 fully saturated rings. The Labute approximate surface area is 110 Å². The van der Waals surface area contributed by atoms with Crippen LogP contribution in [0.15, 0.2) is 24.5 Å². The maximum Gasteiger partial charge on any atom is 0.0338 e. The summed E-state index contributed by atoms with van der Waals surface area (Å²) in [6, 6.07) is 4.33. The van der Waals surface area contributed by atoms with Crippen molar-refractivity contribution in [3.63, 3.8) is 0 Å². The van der Waals surface area contributed by atoms with Gasteiger partial charge in [0.1, 0.15) is 0 Å². The molecule has 0 aliphatic heterocycles. The van der Waals surface area contributed by atoms with Crippen LogP contribution in [0.2, 0.25) is 0 Å². The average molecular weight is 244 g/mol. The Morgan fingerprint density at radius 3 is 2.72 bits per heavy atom. The lowest BCUT2D eigenvalue weighted by Crippen LogP contribution is -2.33. The molecule has 2 aliphatic carbocycles. The molecule has 18 heavy (non-hydrogen) atoms. The van der Waals surface area contributed by atoms with Crippen molar-refractivity contribution in [1.29, 1.82) is 0 Å². The van der Waals surface area contributed by atoms with E-state index >= 15 is 0 Å². The summed E-state index contributed by atoms with van der Waals surface area (Å²) in [5, 5.41) is 0. The molecular formula is C16H24N2. The van der Waals surface area contributed by atoms with Crippen molar-refractivity contribution in [2.75, 3.05) is 0 Å². The van der Waals surface area contributed by atoms with Crippen molar-refractivity contribution in [1.82, 2.24) is 4.98 Å². The quantitative estimate of drug-likeness (QED) is 0.861.